The fourth-order valence-electron chi connectivity index (χ4n) is 4.79. The molecule has 1 saturated heterocycles. The van der Waals surface area contributed by atoms with Crippen molar-refractivity contribution in [3.05, 3.63) is 35.7 Å². The summed E-state index contributed by atoms with van der Waals surface area (Å²) < 4.78 is 1.58. The Morgan fingerprint density at radius 1 is 1.09 bits per heavy atom. The van der Waals surface area contributed by atoms with Crippen molar-refractivity contribution in [2.24, 2.45) is 7.05 Å². The third kappa shape index (κ3) is 4.42. The first-order valence-corrected chi connectivity index (χ1v) is 11.1. The van der Waals surface area contributed by atoms with Gasteiger partial charge in [-0.05, 0) is 58.2 Å². The van der Waals surface area contributed by atoms with Gasteiger partial charge in [0.05, 0.1) is 18.0 Å². The molecule has 0 atom stereocenters. The van der Waals surface area contributed by atoms with Crippen LogP contribution in [-0.4, -0.2) is 54.2 Å². The SMILES string of the molecule is CN(c1cnc(-c2ccc(-c3cnn(C)c3Cl)cc2O)nn1)C1CC(C)(C)NC(C)(C)C1. The number of anilines is 1. The molecule has 0 amide bonds. The Morgan fingerprint density at radius 2 is 1.78 bits per heavy atom. The summed E-state index contributed by atoms with van der Waals surface area (Å²) in [7, 11) is 3.81. The summed E-state index contributed by atoms with van der Waals surface area (Å²) in [5, 5.41) is 27.7. The first-order chi connectivity index (χ1) is 15.0. The minimum Gasteiger partial charge on any atom is -0.507 e. The number of aryl methyl sites for hydroxylation is 1. The Labute approximate surface area is 193 Å². The average Bonchev–Trinajstić information content (AvgIpc) is 3.04. The summed E-state index contributed by atoms with van der Waals surface area (Å²) in [6.45, 7) is 8.92. The first kappa shape index (κ1) is 22.5. The number of nitrogens with one attached hydrogen (secondary N) is 1. The zero-order valence-corrected chi connectivity index (χ0v) is 20.1. The summed E-state index contributed by atoms with van der Waals surface area (Å²) >= 11 is 6.27. The Balaban J connectivity index is 1.55. The molecule has 0 bridgehead atoms. The van der Waals surface area contributed by atoms with Crippen LogP contribution in [0.3, 0.4) is 0 Å². The highest BCUT2D eigenvalue weighted by atomic mass is 35.5. The molecule has 4 rings (SSSR count). The zero-order valence-electron chi connectivity index (χ0n) is 19.4. The minimum atomic E-state index is 0.0339. The molecule has 8 nitrogen and oxygen atoms in total. The number of benzene rings is 1. The molecule has 1 aliphatic rings. The van der Waals surface area contributed by atoms with E-state index in [-0.39, 0.29) is 16.8 Å². The van der Waals surface area contributed by atoms with Gasteiger partial charge < -0.3 is 15.3 Å². The first-order valence-electron chi connectivity index (χ1n) is 10.7. The average molecular weight is 456 g/mol. The molecule has 2 aromatic heterocycles. The predicted molar refractivity (Wildman–Crippen MR) is 127 cm³/mol. The normalized spacial score (nSPS) is 18.0. The van der Waals surface area contributed by atoms with Gasteiger partial charge in [0.25, 0.3) is 0 Å². The lowest BCUT2D eigenvalue weighted by molar-refractivity contribution is 0.160. The summed E-state index contributed by atoms with van der Waals surface area (Å²) in [5.41, 5.74) is 2.10. The highest BCUT2D eigenvalue weighted by Crippen LogP contribution is 2.35. The van der Waals surface area contributed by atoms with Crippen molar-refractivity contribution in [1.82, 2.24) is 30.3 Å². The molecule has 3 aromatic rings. The number of phenols is 1. The molecule has 2 N–H and O–H groups in total. The number of phenolic OH excluding ortho intramolecular Hbond substituents is 1. The maximum Gasteiger partial charge on any atom is 0.185 e. The van der Waals surface area contributed by atoms with Crippen LogP contribution in [0.2, 0.25) is 5.15 Å². The number of nitrogens with zero attached hydrogens (tertiary/aromatic N) is 6. The molecule has 1 aromatic carbocycles. The van der Waals surface area contributed by atoms with Crippen molar-refractivity contribution in [2.75, 3.05) is 11.9 Å². The van der Waals surface area contributed by atoms with Gasteiger partial charge in [0.1, 0.15) is 10.9 Å². The van der Waals surface area contributed by atoms with Gasteiger partial charge in [-0.1, -0.05) is 17.7 Å². The predicted octanol–water partition coefficient (Wildman–Crippen LogP) is 4.04. The van der Waals surface area contributed by atoms with Crippen LogP contribution in [0.1, 0.15) is 40.5 Å². The van der Waals surface area contributed by atoms with Crippen molar-refractivity contribution < 1.29 is 5.11 Å². The molecule has 1 fully saturated rings. The lowest BCUT2D eigenvalue weighted by atomic mass is 9.79. The van der Waals surface area contributed by atoms with Gasteiger partial charge in [0, 0.05) is 36.8 Å². The van der Waals surface area contributed by atoms with Gasteiger partial charge in [-0.15, -0.1) is 10.2 Å². The molecule has 0 aliphatic carbocycles. The number of halogens is 1. The van der Waals surface area contributed by atoms with E-state index < -0.39 is 0 Å². The monoisotopic (exact) mass is 455 g/mol. The largest absolute Gasteiger partial charge is 0.507 e. The maximum absolute atomic E-state index is 10.6. The van der Waals surface area contributed by atoms with Crippen LogP contribution in [0.5, 0.6) is 5.75 Å². The molecule has 0 spiro atoms. The van der Waals surface area contributed by atoms with Crippen LogP contribution < -0.4 is 10.2 Å². The lowest BCUT2D eigenvalue weighted by Gasteiger charge is -2.49. The molecule has 1 aliphatic heterocycles. The second kappa shape index (κ2) is 8.01. The molecule has 0 unspecified atom stereocenters. The van der Waals surface area contributed by atoms with Crippen molar-refractivity contribution in [1.29, 1.82) is 0 Å². The zero-order chi connectivity index (χ0) is 23.3. The molecule has 32 heavy (non-hydrogen) atoms. The fraction of sp³-hybridized carbons (Fsp3) is 0.478. The van der Waals surface area contributed by atoms with E-state index in [0.717, 1.165) is 24.0 Å². The van der Waals surface area contributed by atoms with Gasteiger partial charge >= 0.3 is 0 Å². The van der Waals surface area contributed by atoms with Crippen LogP contribution in [0.4, 0.5) is 5.82 Å². The Hall–Kier alpha value is -2.71. The highest BCUT2D eigenvalue weighted by molar-refractivity contribution is 6.32. The van der Waals surface area contributed by atoms with Gasteiger partial charge in [0.2, 0.25) is 0 Å². The van der Waals surface area contributed by atoms with E-state index in [2.05, 4.69) is 58.2 Å². The van der Waals surface area contributed by atoms with E-state index >= 15 is 0 Å². The van der Waals surface area contributed by atoms with Crippen molar-refractivity contribution >= 4 is 17.4 Å². The third-order valence-corrected chi connectivity index (χ3v) is 6.49. The summed E-state index contributed by atoms with van der Waals surface area (Å²) in [6, 6.07) is 5.59. The molecular weight excluding hydrogens is 426 g/mol. The molecular formula is C23H30ClN7O. The smallest absolute Gasteiger partial charge is 0.185 e. The van der Waals surface area contributed by atoms with E-state index in [9.17, 15) is 5.11 Å². The quantitative estimate of drug-likeness (QED) is 0.613. The number of aromatic nitrogens is 5. The van der Waals surface area contributed by atoms with Crippen LogP contribution in [-0.2, 0) is 7.05 Å². The van der Waals surface area contributed by atoms with E-state index in [0.29, 0.717) is 28.4 Å². The second-order valence-corrected chi connectivity index (χ2v) is 10.3. The maximum atomic E-state index is 10.6. The molecule has 3 heterocycles. The van der Waals surface area contributed by atoms with Crippen molar-refractivity contribution in [3.63, 3.8) is 0 Å². The second-order valence-electron chi connectivity index (χ2n) is 9.91. The van der Waals surface area contributed by atoms with E-state index in [1.807, 2.05) is 13.1 Å². The van der Waals surface area contributed by atoms with Crippen LogP contribution >= 0.6 is 11.6 Å². The topological polar surface area (TPSA) is 92.0 Å². The number of hydrogen-bond acceptors (Lipinski definition) is 7. The van der Waals surface area contributed by atoms with Crippen molar-refractivity contribution in [3.8, 4) is 28.3 Å². The number of aromatic hydroxyl groups is 1. The fourth-order valence-corrected chi connectivity index (χ4v) is 4.99. The molecule has 0 radical (unpaired) electrons. The highest BCUT2D eigenvalue weighted by Gasteiger charge is 2.39. The molecule has 0 saturated carbocycles. The number of rotatable bonds is 4. The van der Waals surface area contributed by atoms with E-state index in [1.54, 1.807) is 36.3 Å². The summed E-state index contributed by atoms with van der Waals surface area (Å²) in [5.74, 6) is 1.15. The van der Waals surface area contributed by atoms with Gasteiger partial charge in [-0.25, -0.2) is 4.98 Å². The molecule has 9 heteroatoms. The van der Waals surface area contributed by atoms with Crippen LogP contribution in [0, 0.1) is 0 Å². The Morgan fingerprint density at radius 3 is 2.31 bits per heavy atom. The van der Waals surface area contributed by atoms with Crippen LogP contribution in [0.15, 0.2) is 30.6 Å². The Bertz CT molecular complexity index is 1110. The van der Waals surface area contributed by atoms with Gasteiger partial charge in [-0.3, -0.25) is 4.68 Å². The minimum absolute atomic E-state index is 0.0339. The van der Waals surface area contributed by atoms with Gasteiger partial charge in [-0.2, -0.15) is 5.10 Å². The van der Waals surface area contributed by atoms with Crippen LogP contribution in [0.25, 0.3) is 22.5 Å². The molecule has 170 valence electrons. The number of piperidine rings is 1. The summed E-state index contributed by atoms with van der Waals surface area (Å²) in [6.07, 6.45) is 5.38. The van der Waals surface area contributed by atoms with E-state index in [1.165, 1.54) is 0 Å². The third-order valence-electron chi connectivity index (χ3n) is 6.04. The van der Waals surface area contributed by atoms with Crippen molar-refractivity contribution in [2.45, 2.75) is 57.7 Å². The number of hydrogen-bond donors (Lipinski definition) is 2. The van der Waals surface area contributed by atoms with E-state index in [4.69, 9.17) is 11.6 Å². The summed E-state index contributed by atoms with van der Waals surface area (Å²) in [4.78, 5) is 6.64. The van der Waals surface area contributed by atoms with Gasteiger partial charge in [0.15, 0.2) is 11.6 Å². The standard InChI is InChI=1S/C23H30ClN7O/c1-22(2)10-15(11-23(3,4)29-22)30(5)19-13-25-21(28-27-19)16-8-7-14(9-18(16)32)17-12-26-31(6)20(17)24/h7-9,12-13,15,29,32H,10-11H2,1-6H3. The lowest BCUT2D eigenvalue weighted by Crippen LogP contribution is -2.62. The Kier molecular flexibility index (Phi) is 5.63.